The summed E-state index contributed by atoms with van der Waals surface area (Å²) in [6.07, 6.45) is 0. The summed E-state index contributed by atoms with van der Waals surface area (Å²) < 4.78 is 11.2. The number of hydrogen-bond donors (Lipinski definition) is 0. The molecule has 0 bridgehead atoms. The van der Waals surface area contributed by atoms with E-state index in [0.29, 0.717) is 17.6 Å². The van der Waals surface area contributed by atoms with Crippen LogP contribution in [0.3, 0.4) is 0 Å². The summed E-state index contributed by atoms with van der Waals surface area (Å²) in [5.41, 5.74) is 7.27. The molecule has 300 valence electrons. The van der Waals surface area contributed by atoms with Crippen molar-refractivity contribution in [3.63, 3.8) is 0 Å². The number of ether oxygens (including phenoxy) is 1. The predicted octanol–water partition coefficient (Wildman–Crippen LogP) is 10.9. The lowest BCUT2D eigenvalue weighted by atomic mass is 10.1. The van der Waals surface area contributed by atoms with E-state index in [9.17, 15) is 0 Å². The molecule has 0 amide bonds. The van der Waals surface area contributed by atoms with Crippen LogP contribution in [0.2, 0.25) is 0 Å². The van der Waals surface area contributed by atoms with Crippen molar-refractivity contribution < 1.29 is 4.74 Å². The fraction of sp³-hybridized carbons (Fsp3) is 0. The van der Waals surface area contributed by atoms with Gasteiger partial charge in [0, 0.05) is 38.4 Å². The molecule has 12 aromatic rings. The lowest BCUT2D eigenvalue weighted by molar-refractivity contribution is 0.487. The Bertz CT molecular complexity index is 3670. The molecule has 1 aliphatic heterocycles. The van der Waals surface area contributed by atoms with E-state index in [0.717, 1.165) is 61.2 Å². The molecule has 64 heavy (non-hydrogen) atoms. The van der Waals surface area contributed by atoms with Crippen LogP contribution in [0.5, 0.6) is 11.5 Å². The van der Waals surface area contributed by atoms with Gasteiger partial charge in [-0.15, -0.1) is 0 Å². The van der Waals surface area contributed by atoms with Gasteiger partial charge in [0.05, 0.1) is 22.1 Å². The lowest BCUT2D eigenvalue weighted by Crippen LogP contribution is -2.76. The zero-order valence-corrected chi connectivity index (χ0v) is 35.5. The molecule has 0 spiro atoms. The number of hydrogen-bond acceptors (Lipinski definition) is 4. The van der Waals surface area contributed by atoms with Gasteiger partial charge in [-0.05, 0) is 81.4 Å². The van der Waals surface area contributed by atoms with Crippen LogP contribution < -0.4 is 25.5 Å². The number of aromatic nitrogens is 5. The SMILES string of the molecule is c1ccc(-c2nc(-c3ccc(-n4c5ccccc5c5ccc([Si]6(c7ccccc7)c7ccccc7Oc7ccccc76)cc54)cc3)nc(-n3c4ccccc4c4ccccc43)n2)cc1. The molecule has 7 heteroatoms. The van der Waals surface area contributed by atoms with E-state index in [1.807, 2.05) is 18.2 Å². The second kappa shape index (κ2) is 14.3. The van der Waals surface area contributed by atoms with Crippen LogP contribution in [-0.2, 0) is 0 Å². The van der Waals surface area contributed by atoms with Crippen LogP contribution in [0, 0.1) is 0 Å². The average molecular weight is 836 g/mol. The van der Waals surface area contributed by atoms with Crippen molar-refractivity contribution in [1.82, 2.24) is 24.1 Å². The van der Waals surface area contributed by atoms with Gasteiger partial charge in [0.2, 0.25) is 5.95 Å². The van der Waals surface area contributed by atoms with E-state index in [2.05, 4.69) is 215 Å². The number of para-hydroxylation sites is 5. The molecule has 0 radical (unpaired) electrons. The zero-order valence-electron chi connectivity index (χ0n) is 34.5. The molecule has 3 aromatic heterocycles. The Morgan fingerprint density at radius 2 is 0.812 bits per heavy atom. The average Bonchev–Trinajstić information content (AvgIpc) is 3.89. The second-order valence-corrected chi connectivity index (χ2v) is 20.1. The number of rotatable bonds is 6. The summed E-state index contributed by atoms with van der Waals surface area (Å²) in [7, 11) is -2.88. The van der Waals surface area contributed by atoms with Crippen molar-refractivity contribution in [3.05, 3.63) is 224 Å². The minimum atomic E-state index is -2.88. The van der Waals surface area contributed by atoms with Gasteiger partial charge in [-0.2, -0.15) is 9.97 Å². The van der Waals surface area contributed by atoms with Gasteiger partial charge in [0.1, 0.15) is 11.5 Å². The highest BCUT2D eigenvalue weighted by molar-refractivity contribution is 7.20. The summed E-state index contributed by atoms with van der Waals surface area (Å²) in [5, 5.41) is 9.83. The normalized spacial score (nSPS) is 12.9. The molecule has 0 N–H and O–H groups in total. The summed E-state index contributed by atoms with van der Waals surface area (Å²) >= 11 is 0. The van der Waals surface area contributed by atoms with Crippen LogP contribution in [0.15, 0.2) is 224 Å². The van der Waals surface area contributed by atoms with Crippen molar-refractivity contribution in [1.29, 1.82) is 0 Å². The first-order chi connectivity index (χ1) is 31.7. The number of fused-ring (bicyclic) bond motifs is 8. The maximum atomic E-state index is 6.66. The number of benzene rings is 9. The molecule has 4 heterocycles. The molecule has 0 atom stereocenters. The number of nitrogens with zero attached hydrogens (tertiary/aromatic N) is 5. The molecule has 0 fully saturated rings. The van der Waals surface area contributed by atoms with Gasteiger partial charge in [-0.1, -0.05) is 164 Å². The molecule has 13 rings (SSSR count). The highest BCUT2D eigenvalue weighted by Crippen LogP contribution is 2.36. The van der Waals surface area contributed by atoms with Crippen molar-refractivity contribution in [3.8, 4) is 45.9 Å². The highest BCUT2D eigenvalue weighted by atomic mass is 28.3. The van der Waals surface area contributed by atoms with E-state index < -0.39 is 8.07 Å². The fourth-order valence-corrected chi connectivity index (χ4v) is 15.1. The summed E-state index contributed by atoms with van der Waals surface area (Å²) in [6, 6.07) is 79.9. The second-order valence-electron chi connectivity index (χ2n) is 16.4. The first-order valence-corrected chi connectivity index (χ1v) is 23.6. The quantitative estimate of drug-likeness (QED) is 0.157. The molecule has 0 saturated heterocycles. The summed E-state index contributed by atoms with van der Waals surface area (Å²) in [5.74, 6) is 3.64. The standard InChI is InChI=1S/C57H37N5OSi/c1-3-17-38(18-4-1)55-58-56(60-57(59-55)62-48-25-11-8-21-43(48)44-22-9-12-26-49(44)62)39-31-33-40(34-32-39)61-47-24-10-7-23-45(47)46-36-35-42(37-50(46)61)64(41-19-5-2-6-20-41)53-29-15-13-27-51(53)63-52-28-14-16-30-54(52)64/h1-37H. The van der Waals surface area contributed by atoms with Gasteiger partial charge in [-0.25, -0.2) is 4.98 Å². The van der Waals surface area contributed by atoms with Gasteiger partial charge in [-0.3, -0.25) is 4.57 Å². The van der Waals surface area contributed by atoms with E-state index >= 15 is 0 Å². The minimum absolute atomic E-state index is 0.577. The largest absolute Gasteiger partial charge is 0.458 e. The topological polar surface area (TPSA) is 57.8 Å². The Hall–Kier alpha value is -8.39. The maximum absolute atomic E-state index is 6.66. The van der Waals surface area contributed by atoms with Gasteiger partial charge >= 0.3 is 0 Å². The van der Waals surface area contributed by atoms with Gasteiger partial charge < -0.3 is 9.30 Å². The van der Waals surface area contributed by atoms with Gasteiger partial charge in [0.15, 0.2) is 19.7 Å². The molecule has 0 saturated carbocycles. The Kier molecular flexibility index (Phi) is 8.13. The zero-order chi connectivity index (χ0) is 42.2. The first kappa shape index (κ1) is 36.3. The first-order valence-electron chi connectivity index (χ1n) is 21.6. The van der Waals surface area contributed by atoms with Crippen LogP contribution >= 0.6 is 0 Å². The Labute approximate surface area is 370 Å². The van der Waals surface area contributed by atoms with Crippen LogP contribution in [-0.4, -0.2) is 32.2 Å². The van der Waals surface area contributed by atoms with Crippen LogP contribution in [0.4, 0.5) is 0 Å². The highest BCUT2D eigenvalue weighted by Gasteiger charge is 2.48. The van der Waals surface area contributed by atoms with E-state index in [1.54, 1.807) is 0 Å². The molecular weight excluding hydrogens is 799 g/mol. The molecule has 1 aliphatic rings. The maximum Gasteiger partial charge on any atom is 0.238 e. The summed E-state index contributed by atoms with van der Waals surface area (Å²) in [6.45, 7) is 0. The predicted molar refractivity (Wildman–Crippen MR) is 263 cm³/mol. The third kappa shape index (κ3) is 5.41. The van der Waals surface area contributed by atoms with Crippen molar-refractivity contribution in [2.45, 2.75) is 0 Å². The van der Waals surface area contributed by atoms with Gasteiger partial charge in [0.25, 0.3) is 0 Å². The van der Waals surface area contributed by atoms with E-state index in [4.69, 9.17) is 19.7 Å². The van der Waals surface area contributed by atoms with Crippen LogP contribution in [0.1, 0.15) is 0 Å². The Morgan fingerprint density at radius 3 is 1.41 bits per heavy atom. The lowest BCUT2D eigenvalue weighted by Gasteiger charge is -2.39. The van der Waals surface area contributed by atoms with Crippen LogP contribution in [0.25, 0.3) is 78.0 Å². The smallest absolute Gasteiger partial charge is 0.238 e. The van der Waals surface area contributed by atoms with Crippen molar-refractivity contribution in [2.75, 3.05) is 0 Å². The Morgan fingerprint density at radius 1 is 0.344 bits per heavy atom. The Balaban J connectivity index is 1.01. The molecule has 0 unspecified atom stereocenters. The molecule has 6 nitrogen and oxygen atoms in total. The van der Waals surface area contributed by atoms with E-state index in [-0.39, 0.29) is 0 Å². The molecular formula is C57H37N5OSi. The third-order valence-electron chi connectivity index (χ3n) is 12.9. The third-order valence-corrected chi connectivity index (χ3v) is 17.8. The summed E-state index contributed by atoms with van der Waals surface area (Å²) in [4.78, 5) is 15.5. The molecule has 0 aliphatic carbocycles. The van der Waals surface area contributed by atoms with E-state index in [1.165, 1.54) is 31.5 Å². The van der Waals surface area contributed by atoms with Crippen molar-refractivity contribution >= 4 is 72.4 Å². The fourth-order valence-electron chi connectivity index (χ4n) is 10.2. The monoisotopic (exact) mass is 835 g/mol. The van der Waals surface area contributed by atoms with Crippen molar-refractivity contribution in [2.24, 2.45) is 0 Å². The minimum Gasteiger partial charge on any atom is -0.458 e. The molecule has 9 aromatic carbocycles.